The summed E-state index contributed by atoms with van der Waals surface area (Å²) >= 11 is 0. The number of hydrogen-bond donors (Lipinski definition) is 4. The number of pyridine rings is 3. The van der Waals surface area contributed by atoms with E-state index in [1.165, 1.54) is 0 Å². The number of alkyl halides is 2. The van der Waals surface area contributed by atoms with Crippen LogP contribution in [0.2, 0.25) is 0 Å². The molecule has 1 amide bonds. The summed E-state index contributed by atoms with van der Waals surface area (Å²) in [4.78, 5) is 61.7. The van der Waals surface area contributed by atoms with Gasteiger partial charge in [0, 0.05) is 260 Å². The molecule has 0 saturated heterocycles. The molecule has 10 aromatic heterocycles. The van der Waals surface area contributed by atoms with Gasteiger partial charge in [-0.05, 0) is 148 Å². The first-order valence-corrected chi connectivity index (χ1v) is 48.2. The van der Waals surface area contributed by atoms with Crippen LogP contribution >= 0.6 is 0 Å². The molecule has 36 heteroatoms. The number of carbonyl (C=O) groups is 1. The molecule has 764 valence electrons. The van der Waals surface area contributed by atoms with Gasteiger partial charge in [-0.1, -0.05) is 37.7 Å². The number of nitrogens with zero attached hydrogens (tertiary/aromatic N) is 21. The summed E-state index contributed by atoms with van der Waals surface area (Å²) in [7, 11) is 18.4. The van der Waals surface area contributed by atoms with E-state index in [0.717, 1.165) is 191 Å². The Kier molecular flexibility index (Phi) is 36.2. The number of hydrogen-bond acceptors (Lipinski definition) is 29. The van der Waals surface area contributed by atoms with Crippen molar-refractivity contribution in [3.05, 3.63) is 286 Å². The molecule has 5 N–H and O–H groups in total. The minimum atomic E-state index is -2.75. The zero-order chi connectivity index (χ0) is 105. The Labute approximate surface area is 863 Å². The van der Waals surface area contributed by atoms with Crippen LogP contribution in [-0.4, -0.2) is 218 Å². The van der Waals surface area contributed by atoms with Gasteiger partial charge in [0.2, 0.25) is 5.91 Å². The van der Waals surface area contributed by atoms with Crippen LogP contribution in [0.3, 0.4) is 0 Å². The molecule has 0 fully saturated rings. The van der Waals surface area contributed by atoms with Gasteiger partial charge in [0.1, 0.15) is 58.2 Å². The number of nitrogens with two attached hydrogens (primary N) is 1. The monoisotopic (exact) mass is 2010 g/mol. The van der Waals surface area contributed by atoms with E-state index in [4.69, 9.17) is 58.6 Å². The summed E-state index contributed by atoms with van der Waals surface area (Å²) in [5.41, 5.74) is 26.9. The van der Waals surface area contributed by atoms with E-state index in [1.807, 2.05) is 207 Å². The largest absolute Gasteiger partial charge is 0.497 e. The number of aromatic nitrogens is 17. The molecule has 0 aliphatic heterocycles. The second-order valence-corrected chi connectivity index (χ2v) is 34.8. The third-order valence-electron chi connectivity index (χ3n) is 23.7. The number of carbonyl (C=O) groups excluding carboxylic acids is 1. The van der Waals surface area contributed by atoms with Crippen molar-refractivity contribution < 1.29 is 51.5 Å². The molecular formula is C113H119F2N25O9. The van der Waals surface area contributed by atoms with Crippen LogP contribution in [0.4, 0.5) is 54.3 Å². The Morgan fingerprint density at radius 1 is 0.416 bits per heavy atom. The van der Waals surface area contributed by atoms with Crippen LogP contribution in [0.1, 0.15) is 51.3 Å². The molecule has 0 saturated carbocycles. The summed E-state index contributed by atoms with van der Waals surface area (Å²) < 4.78 is 77.6. The smallest absolute Gasteiger partial charge is 0.257 e. The lowest BCUT2D eigenvalue weighted by Crippen LogP contribution is -2.32. The minimum absolute atomic E-state index is 0.0983. The van der Waals surface area contributed by atoms with Crippen molar-refractivity contribution >= 4 is 95.4 Å². The number of nitrogens with one attached hydrogen (secondary N) is 3. The molecule has 149 heavy (non-hydrogen) atoms. The summed E-state index contributed by atoms with van der Waals surface area (Å²) in [6, 6.07) is 59.2. The Morgan fingerprint density at radius 2 is 0.832 bits per heavy atom. The minimum Gasteiger partial charge on any atom is -0.497 e. The number of likely N-dealkylation sites (N-methyl/N-ethyl adjacent to an activating group) is 1. The number of anilines is 8. The zero-order valence-electron chi connectivity index (χ0n) is 85.6. The van der Waals surface area contributed by atoms with Crippen LogP contribution in [0, 0.1) is 23.7 Å². The van der Waals surface area contributed by atoms with E-state index in [9.17, 15) is 13.6 Å². The first-order valence-electron chi connectivity index (χ1n) is 48.2. The number of rotatable bonds is 38. The normalized spacial score (nSPS) is 11.0. The maximum absolute atomic E-state index is 13.2. The molecule has 0 aliphatic rings. The van der Waals surface area contributed by atoms with E-state index in [0.29, 0.717) is 85.4 Å². The molecule has 34 nitrogen and oxygen atoms in total. The number of methoxy groups -OCH3 is 8. The average Bonchev–Trinajstić information content (AvgIpc) is 1.75. The van der Waals surface area contributed by atoms with Gasteiger partial charge in [0.15, 0.2) is 0 Å². The molecule has 0 aliphatic carbocycles. The second-order valence-electron chi connectivity index (χ2n) is 34.8. The molecule has 0 unspecified atom stereocenters. The first-order chi connectivity index (χ1) is 72.4. The number of fused-ring (bicyclic) bond motifs is 4. The maximum Gasteiger partial charge on any atom is 0.257 e. The van der Waals surface area contributed by atoms with E-state index < -0.39 is 5.92 Å². The van der Waals surface area contributed by atoms with Crippen molar-refractivity contribution in [3.63, 3.8) is 0 Å². The molecule has 18 rings (SSSR count). The Hall–Kier alpha value is -17.7. The number of aryl methyl sites for hydroxylation is 3. The van der Waals surface area contributed by atoms with Crippen molar-refractivity contribution in [1.29, 1.82) is 0 Å². The van der Waals surface area contributed by atoms with Crippen molar-refractivity contribution in [1.82, 2.24) is 99.9 Å². The third kappa shape index (κ3) is 28.9. The lowest BCUT2D eigenvalue weighted by Gasteiger charge is -2.26. The Bertz CT molecular complexity index is 7370. The lowest BCUT2D eigenvalue weighted by atomic mass is 10.1. The van der Waals surface area contributed by atoms with Gasteiger partial charge in [0.25, 0.3) is 5.92 Å². The van der Waals surface area contributed by atoms with Gasteiger partial charge in [-0.15, -0.1) is 0 Å². The number of halogens is 2. The molecule has 0 bridgehead atoms. The standard InChI is InChI=1S/C29H36N6O3.C28H35F2N7O2.2C28H24N6O2/c1-20(2)31-9-6-10-35(25-13-26(37-4)15-27(14-25)38-5)24-7-8-28-21(12-24)11-22(16-32-28)23-17-33-34(18-23)19-29(36)30-3;1-28(29,30)19-32-9-5-11-37(22-12-23(38-2)15-24(13-22)39-3)21-6-7-25-26(14-21)35-27(17-33-25)20-16-34-36(18-20)10-4-8-31;1-33-19-21(17-31-33)28-18-30-26-7-6-22(15-27(26)32-28)34(12-4-5-20-8-10-29-11-9-20)23-13-24(35-2)16-25(14-23)36-3;1-33-19-20(17-31-33)28-18-30-26-10-9-22(15-27(26)32-28)34(12-6-8-21-7-4-5-11-29-21)23-13-24(35-2)16-25(14-23)36-3/h7-8,11-18,20,31H,6,9-10,19H2,1-5H3,(H,30,36);6-7,12-18,32H,4-5,8-11,19,31H2,1-3H3;6-11,13-19H,12H2,1-3H3;4-5,7,9-11,13-19H,12H2,1-3H3. The highest BCUT2D eigenvalue weighted by atomic mass is 19.3. The second kappa shape index (κ2) is 51.2. The summed E-state index contributed by atoms with van der Waals surface area (Å²) in [6.45, 7) is 9.92. The van der Waals surface area contributed by atoms with Gasteiger partial charge < -0.3 is 79.2 Å². The van der Waals surface area contributed by atoms with Crippen molar-refractivity contribution in [3.8, 4) is 115 Å². The highest BCUT2D eigenvalue weighted by molar-refractivity contribution is 5.90. The SMILES string of the molecule is CNC(=O)Cn1cc(-c2cnc3ccc(N(CCCNC(C)C)c4cc(OC)cc(OC)c4)cc3c2)cn1.COc1cc(OC)cc(N(CC#Cc2ccccn2)c2ccc3ncc(-c4cnn(C)c4)nc3c2)c1.COc1cc(OC)cc(N(CC#Cc2ccncc2)c2ccc3ncc(-c4cnn(C)c4)nc3c2)c1.COc1cc(OC)cc(N(CCCNCC(C)(F)F)c2ccc3ncc(-c4cnn(CCCN)c4)nc3c2)c1. The van der Waals surface area contributed by atoms with Crippen molar-refractivity contribution in [2.45, 2.75) is 65.1 Å². The lowest BCUT2D eigenvalue weighted by molar-refractivity contribution is -0.121. The molecule has 0 spiro atoms. The van der Waals surface area contributed by atoms with E-state index >= 15 is 0 Å². The summed E-state index contributed by atoms with van der Waals surface area (Å²) in [6.07, 6.45) is 29.5. The maximum atomic E-state index is 13.2. The van der Waals surface area contributed by atoms with Crippen LogP contribution in [0.25, 0.3) is 88.9 Å². The van der Waals surface area contributed by atoms with Gasteiger partial charge in [-0.2, -0.15) is 20.4 Å². The van der Waals surface area contributed by atoms with E-state index in [2.05, 4.69) is 142 Å². The average molecular weight is 2010 g/mol. The first kappa shape index (κ1) is 106. The van der Waals surface area contributed by atoms with Crippen LogP contribution in [0.15, 0.2) is 275 Å². The molecular weight excluding hydrogens is 1890 g/mol. The topological polar surface area (TPSA) is 353 Å². The van der Waals surface area contributed by atoms with Crippen LogP contribution < -0.4 is 79.2 Å². The van der Waals surface area contributed by atoms with Gasteiger partial charge in [-0.3, -0.25) is 48.4 Å². The highest BCUT2D eigenvalue weighted by Crippen LogP contribution is 2.41. The number of benzene rings is 8. The van der Waals surface area contributed by atoms with Gasteiger partial charge in [-0.25, -0.2) is 28.7 Å². The molecule has 8 aromatic carbocycles. The summed E-state index contributed by atoms with van der Waals surface area (Å²) in [5, 5.41) is 27.2. The number of ether oxygens (including phenoxy) is 8. The predicted molar refractivity (Wildman–Crippen MR) is 579 cm³/mol. The predicted octanol–water partition coefficient (Wildman–Crippen LogP) is 18.3. The Morgan fingerprint density at radius 3 is 1.27 bits per heavy atom. The highest BCUT2D eigenvalue weighted by Gasteiger charge is 2.24. The summed E-state index contributed by atoms with van der Waals surface area (Å²) in [5.74, 6) is 15.5. The quantitative estimate of drug-likeness (QED) is 0.0206. The van der Waals surface area contributed by atoms with Crippen molar-refractivity contribution in [2.24, 2.45) is 19.8 Å². The van der Waals surface area contributed by atoms with E-state index in [-0.39, 0.29) is 19.0 Å². The fourth-order valence-electron chi connectivity index (χ4n) is 16.0. The Balaban J connectivity index is 0.000000149. The number of amides is 1. The molecule has 0 radical (unpaired) electrons. The van der Waals surface area contributed by atoms with Crippen LogP contribution in [-0.2, 0) is 32.0 Å². The van der Waals surface area contributed by atoms with Gasteiger partial charge in [0.05, 0.1) is 176 Å². The fourth-order valence-corrected chi connectivity index (χ4v) is 16.0. The van der Waals surface area contributed by atoms with Crippen LogP contribution in [0.5, 0.6) is 46.0 Å². The molecule has 0 atom stereocenters. The van der Waals surface area contributed by atoms with E-state index in [1.54, 1.807) is 146 Å². The van der Waals surface area contributed by atoms with Gasteiger partial charge >= 0.3 is 0 Å². The zero-order valence-corrected chi connectivity index (χ0v) is 85.6. The fraction of sp³-hybridized carbons (Fsp3) is 0.257. The third-order valence-corrected chi connectivity index (χ3v) is 23.7. The molecule has 10 heterocycles. The molecule has 18 aromatic rings. The van der Waals surface area contributed by atoms with Crippen molar-refractivity contribution in [2.75, 3.05) is 136 Å².